The molecule has 0 bridgehead atoms. The van der Waals surface area contributed by atoms with E-state index in [1.54, 1.807) is 0 Å². The van der Waals surface area contributed by atoms with E-state index in [0.717, 1.165) is 27.6 Å². The van der Waals surface area contributed by atoms with Crippen LogP contribution < -0.4 is 0 Å². The van der Waals surface area contributed by atoms with E-state index in [4.69, 9.17) is 4.42 Å². The summed E-state index contributed by atoms with van der Waals surface area (Å²) in [5, 5.41) is 7.31. The van der Waals surface area contributed by atoms with Gasteiger partial charge in [0.2, 0.25) is 0 Å². The highest BCUT2D eigenvalue weighted by Gasteiger charge is 2.40. The molecule has 0 amide bonds. The Balaban J connectivity index is 1.30. The van der Waals surface area contributed by atoms with E-state index < -0.39 is 0 Å². The van der Waals surface area contributed by atoms with Crippen LogP contribution in [0.5, 0.6) is 0 Å². The summed E-state index contributed by atoms with van der Waals surface area (Å²) in [7, 11) is 0. The topological polar surface area (TPSA) is 18.1 Å². The van der Waals surface area contributed by atoms with Gasteiger partial charge in [-0.3, -0.25) is 0 Å². The molecule has 1 aliphatic heterocycles. The molecule has 2 nitrogen and oxygen atoms in total. The second kappa shape index (κ2) is 10.1. The number of furan rings is 1. The number of aromatic nitrogens is 1. The lowest BCUT2D eigenvalue weighted by Crippen LogP contribution is -2.16. The molecule has 52 heavy (non-hydrogen) atoms. The van der Waals surface area contributed by atoms with E-state index in [0.29, 0.717) is 0 Å². The average Bonchev–Trinajstić information content (AvgIpc) is 3.76. The van der Waals surface area contributed by atoms with Crippen molar-refractivity contribution in [3.8, 4) is 39.1 Å². The molecule has 3 heterocycles. The highest BCUT2D eigenvalue weighted by Crippen LogP contribution is 2.60. The van der Waals surface area contributed by atoms with Gasteiger partial charge in [-0.15, -0.1) is 0 Å². The van der Waals surface area contributed by atoms with Gasteiger partial charge >= 0.3 is 0 Å². The number of hydrogen-bond donors (Lipinski definition) is 0. The Hall–Kier alpha value is -6.03. The number of fused-ring (bicyclic) bond motifs is 18. The van der Waals surface area contributed by atoms with Crippen LogP contribution in [-0.2, 0) is 5.41 Å². The SMILES string of the molecule is CC1(C)c2ccccc2-c2ccc3c(c21)-c1cc2c4ccc5ccccc5c4n(-c4ccccc4)c2cc1-c1c(ccc2c1oc1ccccc12)S3. The zero-order valence-corrected chi connectivity index (χ0v) is 29.5. The normalized spacial score (nSPS) is 14.0. The van der Waals surface area contributed by atoms with E-state index in [1.165, 1.54) is 86.9 Å². The third kappa shape index (κ3) is 3.61. The fourth-order valence-corrected chi connectivity index (χ4v) is 10.6. The van der Waals surface area contributed by atoms with Gasteiger partial charge in [0.1, 0.15) is 11.2 Å². The highest BCUT2D eigenvalue weighted by molar-refractivity contribution is 7.99. The van der Waals surface area contributed by atoms with E-state index >= 15 is 0 Å². The molecule has 0 unspecified atom stereocenters. The van der Waals surface area contributed by atoms with Crippen molar-refractivity contribution < 1.29 is 4.42 Å². The third-order valence-electron chi connectivity index (χ3n) is 11.8. The number of hydrogen-bond acceptors (Lipinski definition) is 2. The number of benzene rings is 8. The first kappa shape index (κ1) is 28.6. The lowest BCUT2D eigenvalue weighted by atomic mass is 9.77. The first-order valence-electron chi connectivity index (χ1n) is 18.0. The zero-order valence-electron chi connectivity index (χ0n) is 28.7. The number of nitrogens with zero attached hydrogens (tertiary/aromatic N) is 1. The average molecular weight is 682 g/mol. The van der Waals surface area contributed by atoms with E-state index in [9.17, 15) is 0 Å². The standard InChI is InChI=1S/C49H31NOS/c1-49(2)39-18-10-8-16-31(39)33-22-24-42-44(46(33)49)37-26-36-34-21-20-28-12-6-7-15-30(28)47(34)50(29-13-4-3-5-14-29)40(36)27-38(37)45-43(52-42)25-23-35-32-17-9-11-19-41(32)51-48(35)45/h3-27H,1-2H3. The largest absolute Gasteiger partial charge is 0.455 e. The Morgan fingerprint density at radius 1 is 0.519 bits per heavy atom. The molecule has 10 aromatic rings. The van der Waals surface area contributed by atoms with E-state index in [1.807, 2.05) is 11.8 Å². The van der Waals surface area contributed by atoms with Crippen LogP contribution in [-0.4, -0.2) is 4.57 Å². The summed E-state index contributed by atoms with van der Waals surface area (Å²) in [5.74, 6) is 0. The third-order valence-corrected chi connectivity index (χ3v) is 12.9. The summed E-state index contributed by atoms with van der Waals surface area (Å²) >= 11 is 1.88. The predicted molar refractivity (Wildman–Crippen MR) is 218 cm³/mol. The van der Waals surface area contributed by atoms with E-state index in [2.05, 4.69) is 170 Å². The van der Waals surface area contributed by atoms with E-state index in [-0.39, 0.29) is 5.41 Å². The fourth-order valence-electron chi connectivity index (χ4n) is 9.52. The molecule has 12 rings (SSSR count). The molecule has 1 aliphatic carbocycles. The van der Waals surface area contributed by atoms with Gasteiger partial charge in [-0.2, -0.15) is 0 Å². The molecule has 244 valence electrons. The lowest BCUT2D eigenvalue weighted by Gasteiger charge is -2.26. The van der Waals surface area contributed by atoms with Crippen LogP contribution in [0.2, 0.25) is 0 Å². The summed E-state index contributed by atoms with van der Waals surface area (Å²) in [6.45, 7) is 4.81. The molecule has 2 aliphatic rings. The highest BCUT2D eigenvalue weighted by atomic mass is 32.2. The minimum atomic E-state index is -0.177. The van der Waals surface area contributed by atoms with Crippen LogP contribution >= 0.6 is 11.8 Å². The van der Waals surface area contributed by atoms with Gasteiger partial charge in [-0.1, -0.05) is 129 Å². The Bertz CT molecular complexity index is 3180. The maximum absolute atomic E-state index is 6.87. The Morgan fingerprint density at radius 2 is 1.23 bits per heavy atom. The van der Waals surface area contributed by atoms with Crippen LogP contribution in [0.25, 0.3) is 93.6 Å². The summed E-state index contributed by atoms with van der Waals surface area (Å²) in [6, 6.07) is 56.0. The van der Waals surface area contributed by atoms with Crippen LogP contribution in [0, 0.1) is 0 Å². The van der Waals surface area contributed by atoms with Gasteiger partial charge in [0, 0.05) is 59.0 Å². The predicted octanol–water partition coefficient (Wildman–Crippen LogP) is 13.9. The Kier molecular flexibility index (Phi) is 5.54. The zero-order chi connectivity index (χ0) is 34.3. The van der Waals surface area contributed by atoms with Crippen molar-refractivity contribution in [1.29, 1.82) is 0 Å². The second-order valence-corrected chi connectivity index (χ2v) is 15.9. The molecule has 0 N–H and O–H groups in total. The van der Waals surface area contributed by atoms with Crippen molar-refractivity contribution in [2.24, 2.45) is 0 Å². The Morgan fingerprint density at radius 3 is 2.13 bits per heavy atom. The van der Waals surface area contributed by atoms with Gasteiger partial charge in [0.15, 0.2) is 0 Å². The summed E-state index contributed by atoms with van der Waals surface area (Å²) < 4.78 is 9.36. The van der Waals surface area contributed by atoms with Gasteiger partial charge in [-0.25, -0.2) is 0 Å². The molecule has 8 aromatic carbocycles. The monoisotopic (exact) mass is 681 g/mol. The van der Waals surface area contributed by atoms with Crippen molar-refractivity contribution in [2.75, 3.05) is 0 Å². The summed E-state index contributed by atoms with van der Waals surface area (Å²) in [6.07, 6.45) is 0. The molecule has 2 aromatic heterocycles. The molecule has 0 spiro atoms. The van der Waals surface area contributed by atoms with Gasteiger partial charge < -0.3 is 8.98 Å². The van der Waals surface area contributed by atoms with Crippen molar-refractivity contribution >= 4 is 66.3 Å². The Labute approximate surface area is 304 Å². The maximum Gasteiger partial charge on any atom is 0.144 e. The number of rotatable bonds is 1. The van der Waals surface area contributed by atoms with Crippen molar-refractivity contribution in [3.63, 3.8) is 0 Å². The van der Waals surface area contributed by atoms with Crippen LogP contribution in [0.15, 0.2) is 166 Å². The minimum absolute atomic E-state index is 0.177. The molecule has 0 fully saturated rings. The maximum atomic E-state index is 6.87. The van der Waals surface area contributed by atoms with Gasteiger partial charge in [-0.05, 0) is 87.3 Å². The first-order chi connectivity index (χ1) is 25.6. The smallest absolute Gasteiger partial charge is 0.144 e. The second-order valence-electron chi connectivity index (χ2n) is 14.8. The van der Waals surface area contributed by atoms with Crippen molar-refractivity contribution in [3.05, 3.63) is 163 Å². The molecule has 0 saturated heterocycles. The van der Waals surface area contributed by atoms with Gasteiger partial charge in [0.05, 0.1) is 11.0 Å². The quantitative estimate of drug-likeness (QED) is 0.172. The van der Waals surface area contributed by atoms with Crippen molar-refractivity contribution in [1.82, 2.24) is 4.57 Å². The van der Waals surface area contributed by atoms with Crippen LogP contribution in [0.3, 0.4) is 0 Å². The van der Waals surface area contributed by atoms with Gasteiger partial charge in [0.25, 0.3) is 0 Å². The molecular weight excluding hydrogens is 651 g/mol. The molecule has 3 heteroatoms. The number of para-hydroxylation sites is 2. The van der Waals surface area contributed by atoms with Crippen LogP contribution in [0.1, 0.15) is 25.0 Å². The van der Waals surface area contributed by atoms with Crippen molar-refractivity contribution in [2.45, 2.75) is 29.1 Å². The lowest BCUT2D eigenvalue weighted by molar-refractivity contribution is 0.660. The fraction of sp³-hybridized carbons (Fsp3) is 0.0612. The summed E-state index contributed by atoms with van der Waals surface area (Å²) in [4.78, 5) is 2.50. The van der Waals surface area contributed by atoms with Crippen LogP contribution in [0.4, 0.5) is 0 Å². The summed E-state index contributed by atoms with van der Waals surface area (Å²) in [5.41, 5.74) is 15.7. The molecule has 0 radical (unpaired) electrons. The molecular formula is C49H31NOS. The molecule has 0 saturated carbocycles. The molecule has 0 atom stereocenters. The minimum Gasteiger partial charge on any atom is -0.455 e. The first-order valence-corrected chi connectivity index (χ1v) is 18.8.